The highest BCUT2D eigenvalue weighted by Crippen LogP contribution is 2.26. The van der Waals surface area contributed by atoms with Crippen LogP contribution in [0.5, 0.6) is 0 Å². The molecule has 0 heterocycles. The fourth-order valence-electron chi connectivity index (χ4n) is 1.18. The average Bonchev–Trinajstić information content (AvgIpc) is 2.20. The highest BCUT2D eigenvalue weighted by Gasteiger charge is 2.25. The lowest BCUT2D eigenvalue weighted by Crippen LogP contribution is -2.32. The molecule has 0 spiro atoms. The predicted molar refractivity (Wildman–Crippen MR) is 58.0 cm³/mol. The molecule has 0 aliphatic rings. The van der Waals surface area contributed by atoms with Crippen LogP contribution in [0.3, 0.4) is 0 Å². The molecule has 0 unspecified atom stereocenters. The van der Waals surface area contributed by atoms with Crippen molar-refractivity contribution in [2.75, 3.05) is 13.2 Å². The van der Waals surface area contributed by atoms with Crippen LogP contribution < -0.4 is 0 Å². The molecule has 0 aromatic carbocycles. The van der Waals surface area contributed by atoms with E-state index in [2.05, 4.69) is 13.8 Å². The lowest BCUT2D eigenvalue weighted by atomic mass is 9.71. The average molecular weight is 178 g/mol. The van der Waals surface area contributed by atoms with Gasteiger partial charge in [-0.3, -0.25) is 0 Å². The van der Waals surface area contributed by atoms with Crippen molar-refractivity contribution in [2.45, 2.75) is 33.5 Å². The monoisotopic (exact) mass is 178 g/mol. The molecule has 0 amide bonds. The van der Waals surface area contributed by atoms with Crippen LogP contribution in [0, 0.1) is 5.41 Å². The minimum absolute atomic E-state index is 0.0996. The van der Waals surface area contributed by atoms with Crippen LogP contribution in [0.4, 0.5) is 0 Å². The Bertz CT molecular complexity index is 108. The van der Waals surface area contributed by atoms with Crippen molar-refractivity contribution in [1.82, 2.24) is 0 Å². The van der Waals surface area contributed by atoms with Gasteiger partial charge in [0.25, 0.3) is 7.48 Å². The van der Waals surface area contributed by atoms with E-state index in [4.69, 9.17) is 17.0 Å². The van der Waals surface area contributed by atoms with Crippen molar-refractivity contribution in [3.05, 3.63) is 0 Å². The van der Waals surface area contributed by atoms with Gasteiger partial charge in [0, 0.05) is 18.6 Å². The number of rotatable bonds is 8. The largest absolute Gasteiger partial charge is 0.452 e. The van der Waals surface area contributed by atoms with E-state index in [0.29, 0.717) is 13.2 Å². The molecule has 5 heteroatoms. The second kappa shape index (κ2) is 7.51. The maximum atomic E-state index is 5.32. The fourth-order valence-corrected chi connectivity index (χ4v) is 1.18. The zero-order chi connectivity index (χ0) is 10.2. The first-order valence-corrected chi connectivity index (χ1v) is 4.79. The summed E-state index contributed by atoms with van der Waals surface area (Å²) in [6.07, 6.45) is 2.07. The predicted octanol–water partition coefficient (Wildman–Crippen LogP) is 1.20. The molecule has 0 saturated heterocycles. The van der Waals surface area contributed by atoms with Crippen LogP contribution in [0.25, 0.3) is 0 Å². The van der Waals surface area contributed by atoms with E-state index in [1.807, 2.05) is 6.82 Å². The minimum Gasteiger partial charge on any atom is -0.452 e. The Kier molecular flexibility index (Phi) is 7.58. The quantitative estimate of drug-likeness (QED) is 0.519. The molecule has 0 fully saturated rings. The molecule has 0 aromatic rings. The summed E-state index contributed by atoms with van der Waals surface area (Å²) in [5.41, 5.74) is 0.0996. The first-order chi connectivity index (χ1) is 6.24. The van der Waals surface area contributed by atoms with Gasteiger partial charge in [0.1, 0.15) is 0 Å². The lowest BCUT2D eigenvalue weighted by molar-refractivity contribution is 0.0764. The molecule has 4 radical (unpaired) electrons. The molecular formula is C8H17B3O2. The fraction of sp³-hybridized carbons (Fsp3) is 1.00. The van der Waals surface area contributed by atoms with Gasteiger partial charge in [0.05, 0.1) is 7.74 Å². The molecule has 0 saturated carbocycles. The van der Waals surface area contributed by atoms with Crippen LogP contribution in [-0.4, -0.2) is 35.8 Å². The Labute approximate surface area is 84.7 Å². The molecule has 2 nitrogen and oxygen atoms in total. The van der Waals surface area contributed by atoms with E-state index < -0.39 is 0 Å². The minimum atomic E-state index is 0.0996. The van der Waals surface area contributed by atoms with Gasteiger partial charge < -0.3 is 9.31 Å². The highest BCUT2D eigenvalue weighted by atomic mass is 16.4. The third-order valence-electron chi connectivity index (χ3n) is 2.54. The summed E-state index contributed by atoms with van der Waals surface area (Å²) in [7, 11) is 8.14. The summed E-state index contributed by atoms with van der Waals surface area (Å²) >= 11 is 0. The molecule has 0 bridgehead atoms. The molecule has 0 aliphatic heterocycles. The smallest absolute Gasteiger partial charge is 0.289 e. The number of hydrogen-bond acceptors (Lipinski definition) is 2. The Balaban J connectivity index is 3.97. The Morgan fingerprint density at radius 2 is 1.69 bits per heavy atom. The van der Waals surface area contributed by atoms with Crippen LogP contribution in [0.1, 0.15) is 26.7 Å². The van der Waals surface area contributed by atoms with E-state index in [9.17, 15) is 0 Å². The number of hydrogen-bond donors (Lipinski definition) is 0. The van der Waals surface area contributed by atoms with E-state index in [0.717, 1.165) is 12.8 Å². The van der Waals surface area contributed by atoms with Gasteiger partial charge >= 0.3 is 0 Å². The molecule has 70 valence electrons. The van der Waals surface area contributed by atoms with E-state index in [1.165, 1.54) is 7.37 Å². The Morgan fingerprint density at radius 3 is 2.08 bits per heavy atom. The maximum absolute atomic E-state index is 5.32. The van der Waals surface area contributed by atoms with E-state index >= 15 is 0 Å². The van der Waals surface area contributed by atoms with Crippen molar-refractivity contribution in [3.63, 3.8) is 0 Å². The molecule has 0 rings (SSSR count). The second-order valence-electron chi connectivity index (χ2n) is 3.20. The molecule has 0 aliphatic carbocycles. The summed E-state index contributed by atoms with van der Waals surface area (Å²) in [6.45, 7) is 7.49. The summed E-state index contributed by atoms with van der Waals surface area (Å²) in [5, 5.41) is 0. The topological polar surface area (TPSA) is 18.5 Å². The summed E-state index contributed by atoms with van der Waals surface area (Å²) in [6, 6.07) is 0. The zero-order valence-corrected chi connectivity index (χ0v) is 8.88. The van der Waals surface area contributed by atoms with Crippen molar-refractivity contribution in [3.8, 4) is 0 Å². The van der Waals surface area contributed by atoms with Gasteiger partial charge in [-0.25, -0.2) is 0 Å². The van der Waals surface area contributed by atoms with Gasteiger partial charge in [-0.2, -0.15) is 0 Å². The van der Waals surface area contributed by atoms with Crippen molar-refractivity contribution in [1.29, 1.82) is 0 Å². The van der Waals surface area contributed by atoms with Gasteiger partial charge in [-0.1, -0.05) is 20.7 Å². The first kappa shape index (κ1) is 13.1. The third-order valence-corrected chi connectivity index (χ3v) is 2.54. The van der Waals surface area contributed by atoms with Gasteiger partial charge in [-0.15, -0.1) is 0 Å². The maximum Gasteiger partial charge on any atom is 0.289 e. The Morgan fingerprint density at radius 1 is 1.15 bits per heavy atom. The first-order valence-electron chi connectivity index (χ1n) is 4.79. The molecule has 0 aromatic heterocycles. The highest BCUT2D eigenvalue weighted by molar-refractivity contribution is 6.85. The standard InChI is InChI=1S/C8H17B3O2/c1-4-8(5-2,6-12-10-3)7-13-11-9/h4-7H2,1-3H3. The molecular weight excluding hydrogens is 161 g/mol. The summed E-state index contributed by atoms with van der Waals surface area (Å²) in [5.74, 6) is 0. The van der Waals surface area contributed by atoms with Crippen LogP contribution in [0.15, 0.2) is 0 Å². The zero-order valence-electron chi connectivity index (χ0n) is 8.88. The normalized spacial score (nSPS) is 11.3. The molecule has 0 atom stereocenters. The SMILES string of the molecule is [B][B]OCC(CC)(CC)CO[B]C. The van der Waals surface area contributed by atoms with Crippen LogP contribution in [0.2, 0.25) is 6.82 Å². The van der Waals surface area contributed by atoms with Crippen molar-refractivity contribution in [2.24, 2.45) is 5.41 Å². The van der Waals surface area contributed by atoms with Crippen LogP contribution >= 0.6 is 0 Å². The van der Waals surface area contributed by atoms with Gasteiger partial charge in [0.2, 0.25) is 7.37 Å². The summed E-state index contributed by atoms with van der Waals surface area (Å²) in [4.78, 5) is 0. The summed E-state index contributed by atoms with van der Waals surface area (Å²) < 4.78 is 10.5. The second-order valence-corrected chi connectivity index (χ2v) is 3.20. The van der Waals surface area contributed by atoms with Gasteiger partial charge in [0.15, 0.2) is 0 Å². The lowest BCUT2D eigenvalue weighted by Gasteiger charge is -2.31. The van der Waals surface area contributed by atoms with Crippen molar-refractivity contribution < 1.29 is 9.31 Å². The Hall–Kier alpha value is 0.115. The van der Waals surface area contributed by atoms with Crippen LogP contribution in [-0.2, 0) is 9.31 Å². The third kappa shape index (κ3) is 4.77. The molecule has 13 heavy (non-hydrogen) atoms. The molecule has 0 N–H and O–H groups in total. The van der Waals surface area contributed by atoms with E-state index in [1.54, 1.807) is 7.48 Å². The van der Waals surface area contributed by atoms with Gasteiger partial charge in [-0.05, 0) is 12.8 Å². The van der Waals surface area contributed by atoms with Crippen molar-refractivity contribution >= 4 is 22.6 Å². The van der Waals surface area contributed by atoms with E-state index in [-0.39, 0.29) is 5.41 Å².